The van der Waals surface area contributed by atoms with Gasteiger partial charge in [0.25, 0.3) is 0 Å². The Kier molecular flexibility index (Phi) is 5.45. The van der Waals surface area contributed by atoms with Gasteiger partial charge in [-0.15, -0.1) is 0 Å². The first-order chi connectivity index (χ1) is 7.99. The summed E-state index contributed by atoms with van der Waals surface area (Å²) in [5, 5.41) is 3.48. The van der Waals surface area contributed by atoms with E-state index in [0.717, 1.165) is 5.56 Å². The highest BCUT2D eigenvalue weighted by molar-refractivity contribution is 6.30. The van der Waals surface area contributed by atoms with Crippen LogP contribution in [0.2, 0.25) is 5.02 Å². The van der Waals surface area contributed by atoms with E-state index in [0.29, 0.717) is 23.9 Å². The normalized spacial score (nSPS) is 12.5. The molecule has 0 aromatic heterocycles. The van der Waals surface area contributed by atoms with Gasteiger partial charge in [-0.3, -0.25) is 4.79 Å². The minimum Gasteiger partial charge on any atom is -0.351 e. The molecule has 3 N–H and O–H groups in total. The van der Waals surface area contributed by atoms with Gasteiger partial charge in [0, 0.05) is 11.6 Å². The van der Waals surface area contributed by atoms with Gasteiger partial charge < -0.3 is 11.1 Å². The maximum absolute atomic E-state index is 11.7. The number of nitrogens with two attached hydrogens (primary N) is 1. The summed E-state index contributed by atoms with van der Waals surface area (Å²) in [5.41, 5.74) is 6.75. The summed E-state index contributed by atoms with van der Waals surface area (Å²) in [6.07, 6.45) is 0.696. The van der Waals surface area contributed by atoms with Gasteiger partial charge in [-0.1, -0.05) is 37.6 Å². The third-order valence-electron chi connectivity index (χ3n) is 2.42. The Balaban J connectivity index is 2.43. The van der Waals surface area contributed by atoms with Gasteiger partial charge in [-0.25, -0.2) is 0 Å². The van der Waals surface area contributed by atoms with Crippen LogP contribution < -0.4 is 11.1 Å². The van der Waals surface area contributed by atoms with Crippen molar-refractivity contribution < 1.29 is 4.79 Å². The molecular weight excluding hydrogens is 236 g/mol. The van der Waals surface area contributed by atoms with E-state index in [2.05, 4.69) is 5.32 Å². The highest BCUT2D eigenvalue weighted by Gasteiger charge is 2.14. The minimum absolute atomic E-state index is 0.112. The molecule has 1 amide bonds. The van der Waals surface area contributed by atoms with E-state index in [-0.39, 0.29) is 5.91 Å². The van der Waals surface area contributed by atoms with Gasteiger partial charge in [0.15, 0.2) is 0 Å². The van der Waals surface area contributed by atoms with Crippen LogP contribution in [0.1, 0.15) is 25.8 Å². The number of halogens is 1. The van der Waals surface area contributed by atoms with E-state index < -0.39 is 6.04 Å². The molecule has 1 aromatic carbocycles. The Bertz CT molecular complexity index is 379. The monoisotopic (exact) mass is 254 g/mol. The number of carbonyl (C=O) groups is 1. The van der Waals surface area contributed by atoms with Gasteiger partial charge in [-0.2, -0.15) is 0 Å². The summed E-state index contributed by atoms with van der Waals surface area (Å²) in [6, 6.07) is 6.97. The lowest BCUT2D eigenvalue weighted by Gasteiger charge is -2.14. The molecule has 1 atom stereocenters. The lowest BCUT2D eigenvalue weighted by Crippen LogP contribution is -2.41. The van der Waals surface area contributed by atoms with Crippen molar-refractivity contribution >= 4 is 17.5 Å². The highest BCUT2D eigenvalue weighted by atomic mass is 35.5. The number of hydrogen-bond acceptors (Lipinski definition) is 2. The van der Waals surface area contributed by atoms with Crippen molar-refractivity contribution in [3.05, 3.63) is 34.9 Å². The van der Waals surface area contributed by atoms with Crippen LogP contribution in [-0.2, 0) is 11.3 Å². The Morgan fingerprint density at radius 3 is 2.76 bits per heavy atom. The third kappa shape index (κ3) is 5.20. The smallest absolute Gasteiger partial charge is 0.237 e. The van der Waals surface area contributed by atoms with E-state index in [9.17, 15) is 4.79 Å². The van der Waals surface area contributed by atoms with Gasteiger partial charge in [-0.05, 0) is 30.0 Å². The molecule has 0 bridgehead atoms. The van der Waals surface area contributed by atoms with E-state index in [1.807, 2.05) is 32.0 Å². The van der Waals surface area contributed by atoms with Crippen LogP contribution in [-0.4, -0.2) is 11.9 Å². The third-order valence-corrected chi connectivity index (χ3v) is 2.65. The second-order valence-corrected chi connectivity index (χ2v) is 5.02. The Hall–Kier alpha value is -1.06. The van der Waals surface area contributed by atoms with Crippen molar-refractivity contribution in [1.82, 2.24) is 5.32 Å². The quantitative estimate of drug-likeness (QED) is 0.847. The molecule has 0 aliphatic rings. The van der Waals surface area contributed by atoms with E-state index >= 15 is 0 Å². The summed E-state index contributed by atoms with van der Waals surface area (Å²) >= 11 is 5.85. The molecule has 3 nitrogen and oxygen atoms in total. The van der Waals surface area contributed by atoms with Crippen LogP contribution in [0, 0.1) is 5.92 Å². The molecule has 0 saturated carbocycles. The fourth-order valence-corrected chi connectivity index (χ4v) is 1.79. The maximum atomic E-state index is 11.7. The predicted molar refractivity (Wildman–Crippen MR) is 70.7 cm³/mol. The standard InChI is InChI=1S/C13H19ClN2O/c1-9(2)6-12(15)13(17)16-8-10-4-3-5-11(14)7-10/h3-5,7,9,12H,6,8,15H2,1-2H3,(H,16,17)/t12-/m0/s1. The Morgan fingerprint density at radius 2 is 2.18 bits per heavy atom. The first-order valence-electron chi connectivity index (χ1n) is 5.76. The number of carbonyl (C=O) groups excluding carboxylic acids is 1. The van der Waals surface area contributed by atoms with Crippen LogP contribution >= 0.6 is 11.6 Å². The SMILES string of the molecule is CC(C)C[C@H](N)C(=O)NCc1cccc(Cl)c1. The number of rotatable bonds is 5. The lowest BCUT2D eigenvalue weighted by molar-refractivity contribution is -0.122. The Labute approximate surface area is 107 Å². The molecule has 0 unspecified atom stereocenters. The average Bonchev–Trinajstić information content (AvgIpc) is 2.25. The first-order valence-corrected chi connectivity index (χ1v) is 6.14. The summed E-state index contributed by atoms with van der Waals surface area (Å²) in [5.74, 6) is 0.306. The zero-order valence-corrected chi connectivity index (χ0v) is 11.0. The second kappa shape index (κ2) is 6.62. The molecule has 0 radical (unpaired) electrons. The topological polar surface area (TPSA) is 55.1 Å². The molecule has 4 heteroatoms. The van der Waals surface area contributed by atoms with Crippen molar-refractivity contribution in [2.75, 3.05) is 0 Å². The number of nitrogens with one attached hydrogen (secondary N) is 1. The molecular formula is C13H19ClN2O. The van der Waals surface area contributed by atoms with Crippen LogP contribution in [0.15, 0.2) is 24.3 Å². The molecule has 17 heavy (non-hydrogen) atoms. The van der Waals surface area contributed by atoms with Crippen LogP contribution in [0.3, 0.4) is 0 Å². The maximum Gasteiger partial charge on any atom is 0.237 e. The van der Waals surface area contributed by atoms with E-state index in [4.69, 9.17) is 17.3 Å². The highest BCUT2D eigenvalue weighted by Crippen LogP contribution is 2.10. The fourth-order valence-electron chi connectivity index (χ4n) is 1.58. The predicted octanol–water partition coefficient (Wildman–Crippen LogP) is 2.33. The second-order valence-electron chi connectivity index (χ2n) is 4.58. The molecule has 0 aliphatic carbocycles. The van der Waals surface area contributed by atoms with Gasteiger partial charge >= 0.3 is 0 Å². The van der Waals surface area contributed by atoms with Crippen molar-refractivity contribution in [3.8, 4) is 0 Å². The molecule has 0 spiro atoms. The molecule has 1 aromatic rings. The van der Waals surface area contributed by atoms with E-state index in [1.165, 1.54) is 0 Å². The van der Waals surface area contributed by atoms with Crippen molar-refractivity contribution in [2.24, 2.45) is 11.7 Å². The molecule has 0 fully saturated rings. The number of benzene rings is 1. The first kappa shape index (κ1) is 14.0. The van der Waals surface area contributed by atoms with Crippen molar-refractivity contribution in [3.63, 3.8) is 0 Å². The fraction of sp³-hybridized carbons (Fsp3) is 0.462. The largest absolute Gasteiger partial charge is 0.351 e. The van der Waals surface area contributed by atoms with E-state index in [1.54, 1.807) is 6.07 Å². The molecule has 1 rings (SSSR count). The van der Waals surface area contributed by atoms with Gasteiger partial charge in [0.2, 0.25) is 5.91 Å². The summed E-state index contributed by atoms with van der Waals surface area (Å²) in [6.45, 7) is 4.55. The van der Waals surface area contributed by atoms with Crippen molar-refractivity contribution in [2.45, 2.75) is 32.9 Å². The van der Waals surface area contributed by atoms with Gasteiger partial charge in [0.05, 0.1) is 6.04 Å². The van der Waals surface area contributed by atoms with Crippen LogP contribution in [0.25, 0.3) is 0 Å². The summed E-state index contributed by atoms with van der Waals surface area (Å²) < 4.78 is 0. The lowest BCUT2D eigenvalue weighted by atomic mass is 10.0. The minimum atomic E-state index is -0.436. The summed E-state index contributed by atoms with van der Waals surface area (Å²) in [7, 11) is 0. The zero-order chi connectivity index (χ0) is 12.8. The van der Waals surface area contributed by atoms with Crippen LogP contribution in [0.4, 0.5) is 0 Å². The average molecular weight is 255 g/mol. The molecule has 94 valence electrons. The molecule has 0 saturated heterocycles. The molecule has 0 aliphatic heterocycles. The number of amides is 1. The summed E-state index contributed by atoms with van der Waals surface area (Å²) in [4.78, 5) is 11.7. The Morgan fingerprint density at radius 1 is 1.47 bits per heavy atom. The van der Waals surface area contributed by atoms with Gasteiger partial charge in [0.1, 0.15) is 0 Å². The van der Waals surface area contributed by atoms with Crippen LogP contribution in [0.5, 0.6) is 0 Å². The zero-order valence-electron chi connectivity index (χ0n) is 10.2. The number of hydrogen-bond donors (Lipinski definition) is 2. The molecule has 0 heterocycles. The van der Waals surface area contributed by atoms with Crippen molar-refractivity contribution in [1.29, 1.82) is 0 Å².